The number of aryl methyl sites for hydroxylation is 1. The van der Waals surface area contributed by atoms with Gasteiger partial charge in [0.25, 0.3) is 0 Å². The average molecular weight is 481 g/mol. The lowest BCUT2D eigenvalue weighted by Gasteiger charge is -2.15. The Morgan fingerprint density at radius 1 is 0.941 bits per heavy atom. The number of hydrogen-bond acceptors (Lipinski definition) is 9. The Labute approximate surface area is 194 Å². The zero-order chi connectivity index (χ0) is 24.7. The number of pyridine rings is 1. The number of aromatic nitrogens is 3. The van der Waals surface area contributed by atoms with Gasteiger partial charge < -0.3 is 30.0 Å². The van der Waals surface area contributed by atoms with Gasteiger partial charge in [-0.25, -0.2) is 15.0 Å². The summed E-state index contributed by atoms with van der Waals surface area (Å²) in [6.45, 7) is 3.23. The van der Waals surface area contributed by atoms with Crippen molar-refractivity contribution in [3.8, 4) is 11.5 Å². The van der Waals surface area contributed by atoms with Crippen LogP contribution < -0.4 is 20.5 Å². The molecular formula is C22H26F3N5O4. The first-order valence-electron chi connectivity index (χ1n) is 10.3. The Morgan fingerprint density at radius 2 is 1.71 bits per heavy atom. The number of nitrogens with zero attached hydrogens (tertiary/aromatic N) is 3. The lowest BCUT2D eigenvalue weighted by atomic mass is 10.2. The van der Waals surface area contributed by atoms with Crippen molar-refractivity contribution in [2.75, 3.05) is 51.7 Å². The number of nitrogen functional groups attached to an aromatic ring is 1. The van der Waals surface area contributed by atoms with Gasteiger partial charge in [-0.3, -0.25) is 0 Å². The van der Waals surface area contributed by atoms with Crippen LogP contribution in [0.4, 0.5) is 24.7 Å². The zero-order valence-corrected chi connectivity index (χ0v) is 19.0. The van der Waals surface area contributed by atoms with Crippen LogP contribution in [0, 0.1) is 6.92 Å². The maximum absolute atomic E-state index is 13.1. The number of halogens is 3. The highest BCUT2D eigenvalue weighted by molar-refractivity contribution is 5.91. The van der Waals surface area contributed by atoms with Gasteiger partial charge in [0.1, 0.15) is 23.9 Å². The number of ether oxygens (including phenoxy) is 4. The second-order valence-electron chi connectivity index (χ2n) is 7.22. The molecule has 0 amide bonds. The molecule has 0 bridgehead atoms. The summed E-state index contributed by atoms with van der Waals surface area (Å²) in [6.07, 6.45) is -4.60. The molecule has 0 saturated carbocycles. The van der Waals surface area contributed by atoms with E-state index < -0.39 is 11.9 Å². The van der Waals surface area contributed by atoms with Gasteiger partial charge in [0.15, 0.2) is 11.5 Å². The monoisotopic (exact) mass is 481 g/mol. The number of nitrogens with two attached hydrogens (primary N) is 1. The molecule has 0 atom stereocenters. The molecule has 0 spiro atoms. The summed E-state index contributed by atoms with van der Waals surface area (Å²) in [4.78, 5) is 12.5. The van der Waals surface area contributed by atoms with Crippen LogP contribution in [0.5, 0.6) is 11.5 Å². The first-order chi connectivity index (χ1) is 16.2. The Morgan fingerprint density at radius 3 is 2.41 bits per heavy atom. The fraction of sp³-hybridized carbons (Fsp3) is 0.409. The summed E-state index contributed by atoms with van der Waals surface area (Å²) in [5, 5.41) is 3.63. The third-order valence-corrected chi connectivity index (χ3v) is 4.64. The number of rotatable bonds is 11. The van der Waals surface area contributed by atoms with Gasteiger partial charge in [-0.1, -0.05) is 0 Å². The van der Waals surface area contributed by atoms with Crippen LogP contribution in [-0.2, 0) is 22.2 Å². The molecule has 12 heteroatoms. The average Bonchev–Trinajstić information content (AvgIpc) is 2.78. The van der Waals surface area contributed by atoms with Crippen LogP contribution >= 0.6 is 0 Å². The number of methoxy groups -OCH3 is 2. The standard InChI is InChI=1S/C22H26F3N5O4/c1-13-28-17-11-18(32-3)19(34-7-6-33-5-4-31-2)10-16(17)21(29-13)27-12-15-8-14(26)9-20(30-15)22(23,24)25/h8-11H,4-7,12H2,1-3H3,(H2,26,30)(H,27,28,29). The fourth-order valence-corrected chi connectivity index (χ4v) is 3.14. The van der Waals surface area contributed by atoms with E-state index >= 15 is 0 Å². The minimum atomic E-state index is -4.60. The Balaban J connectivity index is 1.84. The predicted molar refractivity (Wildman–Crippen MR) is 120 cm³/mol. The summed E-state index contributed by atoms with van der Waals surface area (Å²) in [5.74, 6) is 1.79. The van der Waals surface area contributed by atoms with Crippen molar-refractivity contribution in [2.24, 2.45) is 0 Å². The smallest absolute Gasteiger partial charge is 0.433 e. The molecule has 0 aliphatic rings. The van der Waals surface area contributed by atoms with E-state index in [-0.39, 0.29) is 24.5 Å². The maximum Gasteiger partial charge on any atom is 0.433 e. The number of fused-ring (bicyclic) bond motifs is 1. The lowest BCUT2D eigenvalue weighted by molar-refractivity contribution is -0.141. The summed E-state index contributed by atoms with van der Waals surface area (Å²) in [5.41, 5.74) is 5.25. The second-order valence-corrected chi connectivity index (χ2v) is 7.22. The molecule has 0 fully saturated rings. The Kier molecular flexibility index (Phi) is 8.29. The van der Waals surface area contributed by atoms with Gasteiger partial charge in [0, 0.05) is 24.2 Å². The number of nitrogens with one attached hydrogen (secondary N) is 1. The molecule has 9 nitrogen and oxygen atoms in total. The Bertz CT molecular complexity index is 1130. The molecule has 3 aromatic rings. The SMILES string of the molecule is COCCOCCOc1cc2c(NCc3cc(N)cc(C(F)(F)F)n3)nc(C)nc2cc1OC. The van der Waals surface area contributed by atoms with Crippen LogP contribution in [0.15, 0.2) is 24.3 Å². The third-order valence-electron chi connectivity index (χ3n) is 4.64. The molecule has 0 saturated heterocycles. The van der Waals surface area contributed by atoms with Gasteiger partial charge >= 0.3 is 6.18 Å². The van der Waals surface area contributed by atoms with Crippen molar-refractivity contribution in [1.29, 1.82) is 0 Å². The van der Waals surface area contributed by atoms with Crippen molar-refractivity contribution in [1.82, 2.24) is 15.0 Å². The molecule has 0 unspecified atom stereocenters. The van der Waals surface area contributed by atoms with Crippen LogP contribution in [0.3, 0.4) is 0 Å². The molecule has 1 aromatic carbocycles. The van der Waals surface area contributed by atoms with Crippen molar-refractivity contribution in [3.05, 3.63) is 41.5 Å². The quantitative estimate of drug-likeness (QED) is 0.397. The Hall–Kier alpha value is -3.38. The van der Waals surface area contributed by atoms with E-state index in [1.807, 2.05) is 0 Å². The molecular weight excluding hydrogens is 455 g/mol. The lowest BCUT2D eigenvalue weighted by Crippen LogP contribution is -2.13. The normalized spacial score (nSPS) is 11.6. The molecule has 34 heavy (non-hydrogen) atoms. The van der Waals surface area contributed by atoms with E-state index in [2.05, 4.69) is 20.3 Å². The molecule has 2 heterocycles. The van der Waals surface area contributed by atoms with Crippen molar-refractivity contribution < 1.29 is 32.1 Å². The van der Waals surface area contributed by atoms with E-state index in [9.17, 15) is 13.2 Å². The molecule has 0 aliphatic carbocycles. The predicted octanol–water partition coefficient (Wildman–Crippen LogP) is 3.60. The summed E-state index contributed by atoms with van der Waals surface area (Å²) in [6, 6.07) is 5.58. The molecule has 0 aliphatic heterocycles. The summed E-state index contributed by atoms with van der Waals surface area (Å²) >= 11 is 0. The third kappa shape index (κ3) is 6.58. The van der Waals surface area contributed by atoms with Crippen LogP contribution in [0.25, 0.3) is 10.9 Å². The first-order valence-corrected chi connectivity index (χ1v) is 10.3. The zero-order valence-electron chi connectivity index (χ0n) is 19.0. The highest BCUT2D eigenvalue weighted by Gasteiger charge is 2.33. The van der Waals surface area contributed by atoms with E-state index in [0.29, 0.717) is 53.9 Å². The van der Waals surface area contributed by atoms with Crippen LogP contribution in [0.1, 0.15) is 17.2 Å². The number of hydrogen-bond donors (Lipinski definition) is 2. The molecule has 2 aromatic heterocycles. The van der Waals surface area contributed by atoms with Gasteiger partial charge in [0.2, 0.25) is 0 Å². The highest BCUT2D eigenvalue weighted by Crippen LogP contribution is 2.35. The highest BCUT2D eigenvalue weighted by atomic mass is 19.4. The minimum Gasteiger partial charge on any atom is -0.493 e. The van der Waals surface area contributed by atoms with Crippen molar-refractivity contribution in [2.45, 2.75) is 19.6 Å². The molecule has 3 rings (SSSR count). The topological polar surface area (TPSA) is 114 Å². The molecule has 3 N–H and O–H groups in total. The van der Waals surface area contributed by atoms with Crippen molar-refractivity contribution in [3.63, 3.8) is 0 Å². The molecule has 184 valence electrons. The second kappa shape index (κ2) is 11.2. The number of anilines is 2. The first kappa shape index (κ1) is 25.2. The van der Waals surface area contributed by atoms with Gasteiger partial charge in [-0.15, -0.1) is 0 Å². The van der Waals surface area contributed by atoms with Gasteiger partial charge in [-0.2, -0.15) is 13.2 Å². The van der Waals surface area contributed by atoms with E-state index in [1.165, 1.54) is 13.2 Å². The van der Waals surface area contributed by atoms with Gasteiger partial charge in [-0.05, 0) is 25.1 Å². The summed E-state index contributed by atoms with van der Waals surface area (Å²) < 4.78 is 60.8. The maximum atomic E-state index is 13.1. The number of alkyl halides is 3. The van der Waals surface area contributed by atoms with E-state index in [1.54, 1.807) is 26.2 Å². The van der Waals surface area contributed by atoms with Crippen molar-refractivity contribution >= 4 is 22.4 Å². The fourth-order valence-electron chi connectivity index (χ4n) is 3.14. The number of benzene rings is 1. The minimum absolute atomic E-state index is 0.0315. The largest absolute Gasteiger partial charge is 0.493 e. The van der Waals surface area contributed by atoms with Crippen LogP contribution in [0.2, 0.25) is 0 Å². The van der Waals surface area contributed by atoms with Crippen LogP contribution in [-0.4, -0.2) is 55.6 Å². The van der Waals surface area contributed by atoms with Gasteiger partial charge in [0.05, 0.1) is 44.7 Å². The van der Waals surface area contributed by atoms with E-state index in [4.69, 9.17) is 24.7 Å². The summed E-state index contributed by atoms with van der Waals surface area (Å²) in [7, 11) is 3.10. The van der Waals surface area contributed by atoms with E-state index in [0.717, 1.165) is 6.07 Å². The molecule has 0 radical (unpaired) electrons.